The Hall–Kier alpha value is -1.98. The molecule has 0 bridgehead atoms. The second-order valence-electron chi connectivity index (χ2n) is 6.49. The van der Waals surface area contributed by atoms with E-state index < -0.39 is 6.10 Å². The summed E-state index contributed by atoms with van der Waals surface area (Å²) in [7, 11) is 0. The van der Waals surface area contributed by atoms with Gasteiger partial charge in [0.1, 0.15) is 11.6 Å². The Labute approximate surface area is 141 Å². The molecule has 2 atom stereocenters. The van der Waals surface area contributed by atoms with E-state index in [1.165, 1.54) is 12.1 Å². The Morgan fingerprint density at radius 3 is 2.75 bits per heavy atom. The minimum atomic E-state index is -0.615. The zero-order valence-electron chi connectivity index (χ0n) is 13.8. The van der Waals surface area contributed by atoms with Crippen molar-refractivity contribution >= 4 is 0 Å². The van der Waals surface area contributed by atoms with Gasteiger partial charge in [-0.1, -0.05) is 12.1 Å². The number of nitrogens with zero attached hydrogens (tertiary/aromatic N) is 2. The molecule has 24 heavy (non-hydrogen) atoms. The summed E-state index contributed by atoms with van der Waals surface area (Å²) in [5, 5.41) is 20.4. The van der Waals surface area contributed by atoms with Gasteiger partial charge in [-0.3, -0.25) is 9.88 Å². The van der Waals surface area contributed by atoms with Crippen LogP contribution in [0.1, 0.15) is 42.3 Å². The predicted molar refractivity (Wildman–Crippen MR) is 90.0 cm³/mol. The Morgan fingerprint density at radius 1 is 1.25 bits per heavy atom. The number of aliphatic hydroxyl groups excluding tert-OH is 1. The molecule has 2 N–H and O–H groups in total. The van der Waals surface area contributed by atoms with Gasteiger partial charge >= 0.3 is 0 Å². The Balaban J connectivity index is 1.67. The lowest BCUT2D eigenvalue weighted by molar-refractivity contribution is 0.117. The highest BCUT2D eigenvalue weighted by Gasteiger charge is 2.28. The molecule has 1 aromatic carbocycles. The lowest BCUT2D eigenvalue weighted by atomic mass is 10.0. The summed E-state index contributed by atoms with van der Waals surface area (Å²) >= 11 is 0. The first-order chi connectivity index (χ1) is 11.5. The van der Waals surface area contributed by atoms with Crippen molar-refractivity contribution in [3.63, 3.8) is 0 Å². The molecule has 1 saturated heterocycles. The molecular formula is C19H23FN2O2. The number of aromatic hydroxyl groups is 1. The molecule has 0 aliphatic carbocycles. The standard InChI is InChI=1S/C19H23FN2O2/c1-13-4-9-18(23)17(21-13)12-22-10-2-3-16(22)11-19(24)14-5-7-15(20)8-6-14/h4-9,16,19,23-24H,2-3,10-12H2,1H3. The molecule has 1 aromatic heterocycles. The molecule has 0 amide bonds. The number of hydrogen-bond acceptors (Lipinski definition) is 4. The average Bonchev–Trinajstić information content (AvgIpc) is 2.98. The van der Waals surface area contributed by atoms with Crippen molar-refractivity contribution < 1.29 is 14.6 Å². The number of halogens is 1. The van der Waals surface area contributed by atoms with Gasteiger partial charge < -0.3 is 10.2 Å². The SMILES string of the molecule is Cc1ccc(O)c(CN2CCCC2CC(O)c2ccc(F)cc2)n1. The molecule has 1 aliphatic rings. The number of aryl methyl sites for hydroxylation is 1. The van der Waals surface area contributed by atoms with Crippen LogP contribution in [0.3, 0.4) is 0 Å². The fourth-order valence-electron chi connectivity index (χ4n) is 3.36. The van der Waals surface area contributed by atoms with Gasteiger partial charge in [0, 0.05) is 18.3 Å². The van der Waals surface area contributed by atoms with Crippen LogP contribution >= 0.6 is 0 Å². The van der Waals surface area contributed by atoms with E-state index in [2.05, 4.69) is 9.88 Å². The fraction of sp³-hybridized carbons (Fsp3) is 0.421. The maximum absolute atomic E-state index is 13.0. The number of aliphatic hydroxyl groups is 1. The maximum Gasteiger partial charge on any atom is 0.138 e. The van der Waals surface area contributed by atoms with Crippen LogP contribution in [-0.4, -0.2) is 32.7 Å². The number of rotatable bonds is 5. The summed E-state index contributed by atoms with van der Waals surface area (Å²) in [6, 6.07) is 9.71. The van der Waals surface area contributed by atoms with Crippen molar-refractivity contribution in [1.82, 2.24) is 9.88 Å². The van der Waals surface area contributed by atoms with Crippen LogP contribution in [0.15, 0.2) is 36.4 Å². The molecule has 2 unspecified atom stereocenters. The first-order valence-electron chi connectivity index (χ1n) is 8.36. The van der Waals surface area contributed by atoms with E-state index in [-0.39, 0.29) is 17.6 Å². The first-order valence-corrected chi connectivity index (χ1v) is 8.36. The third-order valence-electron chi connectivity index (χ3n) is 4.69. The highest BCUT2D eigenvalue weighted by atomic mass is 19.1. The van der Waals surface area contributed by atoms with Crippen molar-refractivity contribution in [2.75, 3.05) is 6.54 Å². The van der Waals surface area contributed by atoms with Gasteiger partial charge in [0.25, 0.3) is 0 Å². The van der Waals surface area contributed by atoms with Crippen molar-refractivity contribution in [3.05, 3.63) is 59.2 Å². The van der Waals surface area contributed by atoms with Crippen LogP contribution < -0.4 is 0 Å². The normalized spacial score (nSPS) is 19.5. The third kappa shape index (κ3) is 3.91. The van der Waals surface area contributed by atoms with E-state index >= 15 is 0 Å². The quantitative estimate of drug-likeness (QED) is 0.883. The van der Waals surface area contributed by atoms with Crippen molar-refractivity contribution in [1.29, 1.82) is 0 Å². The molecule has 5 heteroatoms. The lowest BCUT2D eigenvalue weighted by Crippen LogP contribution is -2.30. The Morgan fingerprint density at radius 2 is 2.00 bits per heavy atom. The Kier molecular flexibility index (Phi) is 5.11. The third-order valence-corrected chi connectivity index (χ3v) is 4.69. The lowest BCUT2D eigenvalue weighted by Gasteiger charge is -2.26. The van der Waals surface area contributed by atoms with Crippen LogP contribution in [-0.2, 0) is 6.54 Å². The van der Waals surface area contributed by atoms with E-state index in [9.17, 15) is 14.6 Å². The summed E-state index contributed by atoms with van der Waals surface area (Å²) in [5.74, 6) is -0.0835. The molecule has 2 heterocycles. The summed E-state index contributed by atoms with van der Waals surface area (Å²) in [6.07, 6.45) is 2.05. The topological polar surface area (TPSA) is 56.6 Å². The highest BCUT2D eigenvalue weighted by Crippen LogP contribution is 2.29. The van der Waals surface area contributed by atoms with E-state index in [4.69, 9.17) is 0 Å². The first kappa shape index (κ1) is 16.9. The molecule has 2 aromatic rings. The van der Waals surface area contributed by atoms with Gasteiger partial charge in [0.15, 0.2) is 0 Å². The molecule has 1 aliphatic heterocycles. The molecule has 0 saturated carbocycles. The van der Waals surface area contributed by atoms with Crippen LogP contribution in [0, 0.1) is 12.7 Å². The molecular weight excluding hydrogens is 307 g/mol. The zero-order valence-corrected chi connectivity index (χ0v) is 13.8. The van der Waals surface area contributed by atoms with Crippen LogP contribution in [0.4, 0.5) is 4.39 Å². The van der Waals surface area contributed by atoms with Crippen molar-refractivity contribution in [2.45, 2.75) is 44.9 Å². The van der Waals surface area contributed by atoms with Gasteiger partial charge in [0.05, 0.1) is 11.8 Å². The molecule has 0 radical (unpaired) electrons. The number of pyridine rings is 1. The minimum Gasteiger partial charge on any atom is -0.506 e. The molecule has 4 nitrogen and oxygen atoms in total. The van der Waals surface area contributed by atoms with E-state index in [1.807, 2.05) is 6.92 Å². The predicted octanol–water partition coefficient (Wildman–Crippen LogP) is 3.32. The molecule has 0 spiro atoms. The number of likely N-dealkylation sites (tertiary alicyclic amines) is 1. The molecule has 128 valence electrons. The minimum absolute atomic E-state index is 0.213. The van der Waals surface area contributed by atoms with Crippen LogP contribution in [0.5, 0.6) is 5.75 Å². The summed E-state index contributed by atoms with van der Waals surface area (Å²) in [4.78, 5) is 6.68. The largest absolute Gasteiger partial charge is 0.506 e. The average molecular weight is 330 g/mol. The van der Waals surface area contributed by atoms with E-state index in [0.29, 0.717) is 18.7 Å². The van der Waals surface area contributed by atoms with Crippen LogP contribution in [0.25, 0.3) is 0 Å². The fourth-order valence-corrected chi connectivity index (χ4v) is 3.36. The van der Waals surface area contributed by atoms with E-state index in [1.54, 1.807) is 24.3 Å². The van der Waals surface area contributed by atoms with Gasteiger partial charge in [-0.25, -0.2) is 4.39 Å². The summed E-state index contributed by atoms with van der Waals surface area (Å²) < 4.78 is 13.0. The van der Waals surface area contributed by atoms with Gasteiger partial charge in [0.2, 0.25) is 0 Å². The number of hydrogen-bond donors (Lipinski definition) is 2. The van der Waals surface area contributed by atoms with Gasteiger partial charge in [-0.2, -0.15) is 0 Å². The Bertz CT molecular complexity index is 690. The zero-order chi connectivity index (χ0) is 17.1. The smallest absolute Gasteiger partial charge is 0.138 e. The molecule has 3 rings (SSSR count). The second kappa shape index (κ2) is 7.28. The van der Waals surface area contributed by atoms with Gasteiger partial charge in [-0.05, 0) is 62.6 Å². The summed E-state index contributed by atoms with van der Waals surface area (Å²) in [6.45, 7) is 3.41. The van der Waals surface area contributed by atoms with Crippen LogP contribution in [0.2, 0.25) is 0 Å². The van der Waals surface area contributed by atoms with Crippen molar-refractivity contribution in [2.24, 2.45) is 0 Å². The number of benzene rings is 1. The summed E-state index contributed by atoms with van der Waals surface area (Å²) in [5.41, 5.74) is 2.29. The highest BCUT2D eigenvalue weighted by molar-refractivity contribution is 5.27. The molecule has 1 fully saturated rings. The van der Waals surface area contributed by atoms with Crippen molar-refractivity contribution in [3.8, 4) is 5.75 Å². The number of aromatic nitrogens is 1. The monoisotopic (exact) mass is 330 g/mol. The van der Waals surface area contributed by atoms with E-state index in [0.717, 1.165) is 30.6 Å². The maximum atomic E-state index is 13.0. The van der Waals surface area contributed by atoms with Gasteiger partial charge in [-0.15, -0.1) is 0 Å². The second-order valence-corrected chi connectivity index (χ2v) is 6.49.